The zero-order chi connectivity index (χ0) is 17.6. The second-order valence-corrected chi connectivity index (χ2v) is 5.44. The lowest BCUT2D eigenvalue weighted by atomic mass is 10.0. The van der Waals surface area contributed by atoms with Crippen molar-refractivity contribution in [2.45, 2.75) is 6.54 Å². The number of nitrogens with zero attached hydrogens (tertiary/aromatic N) is 3. The number of amides is 2. The van der Waals surface area contributed by atoms with Gasteiger partial charge in [-0.05, 0) is 5.56 Å². The molecule has 2 heterocycles. The van der Waals surface area contributed by atoms with E-state index in [2.05, 4.69) is 0 Å². The van der Waals surface area contributed by atoms with Crippen molar-refractivity contribution in [1.82, 2.24) is 14.0 Å². The summed E-state index contributed by atoms with van der Waals surface area (Å²) in [6, 6.07) is 8.63. The van der Waals surface area contributed by atoms with Gasteiger partial charge in [-0.15, -0.1) is 0 Å². The van der Waals surface area contributed by atoms with E-state index in [1.165, 1.54) is 14.1 Å². The van der Waals surface area contributed by atoms with Gasteiger partial charge in [0.1, 0.15) is 11.3 Å². The first-order valence-electron chi connectivity index (χ1n) is 7.09. The van der Waals surface area contributed by atoms with Crippen molar-refractivity contribution in [3.63, 3.8) is 0 Å². The summed E-state index contributed by atoms with van der Waals surface area (Å²) in [5, 5.41) is 0. The van der Waals surface area contributed by atoms with Gasteiger partial charge in [-0.3, -0.25) is 33.2 Å². The van der Waals surface area contributed by atoms with Gasteiger partial charge in [0.25, 0.3) is 17.2 Å². The standard InChI is InChI=1S/C16H13N3O5/c1-17-11-10(13(21)18(2)16(17)24)12(20)15(23)19(14(11)22)8-9-6-4-3-5-7-9/h3-7H,8H2,1-2H3. The monoisotopic (exact) mass is 327 g/mol. The molecule has 0 atom stereocenters. The summed E-state index contributed by atoms with van der Waals surface area (Å²) >= 11 is 0. The van der Waals surface area contributed by atoms with Crippen LogP contribution in [0.5, 0.6) is 0 Å². The summed E-state index contributed by atoms with van der Waals surface area (Å²) < 4.78 is 1.62. The molecule has 0 spiro atoms. The first-order chi connectivity index (χ1) is 11.3. The molecule has 0 aliphatic carbocycles. The van der Waals surface area contributed by atoms with Crippen molar-refractivity contribution < 1.29 is 14.4 Å². The number of fused-ring (bicyclic) bond motifs is 1. The highest BCUT2D eigenvalue weighted by molar-refractivity contribution is 6.48. The first-order valence-corrected chi connectivity index (χ1v) is 7.09. The summed E-state index contributed by atoms with van der Waals surface area (Å²) in [7, 11) is 2.46. The van der Waals surface area contributed by atoms with Crippen LogP contribution in [-0.2, 0) is 25.4 Å². The van der Waals surface area contributed by atoms with Gasteiger partial charge in [0.05, 0.1) is 6.54 Å². The lowest BCUT2D eigenvalue weighted by Crippen LogP contribution is -2.53. The topological polar surface area (TPSA) is 98.4 Å². The quantitative estimate of drug-likeness (QED) is 0.544. The van der Waals surface area contributed by atoms with E-state index in [1.807, 2.05) is 0 Å². The Morgan fingerprint density at radius 3 is 2.08 bits per heavy atom. The predicted molar refractivity (Wildman–Crippen MR) is 82.6 cm³/mol. The first kappa shape index (κ1) is 15.6. The molecule has 1 aliphatic rings. The van der Waals surface area contributed by atoms with E-state index in [0.717, 1.165) is 9.47 Å². The predicted octanol–water partition coefficient (Wildman–Crippen LogP) is -0.551. The number of benzene rings is 1. The normalized spacial score (nSPS) is 14.1. The van der Waals surface area contributed by atoms with Gasteiger partial charge in [0, 0.05) is 14.1 Å². The number of hydrogen-bond acceptors (Lipinski definition) is 5. The minimum Gasteiger partial charge on any atom is -0.291 e. The number of hydrogen-bond donors (Lipinski definition) is 0. The van der Waals surface area contributed by atoms with Gasteiger partial charge >= 0.3 is 11.6 Å². The minimum absolute atomic E-state index is 0.118. The van der Waals surface area contributed by atoms with Crippen LogP contribution in [0.4, 0.5) is 0 Å². The number of Topliss-reactive ketones (excluding diaryl/α,β-unsaturated/α-hetero) is 1. The van der Waals surface area contributed by atoms with Crippen LogP contribution in [0.25, 0.3) is 0 Å². The lowest BCUT2D eigenvalue weighted by Gasteiger charge is -2.26. The SMILES string of the molecule is Cn1c2c(c(=O)n(C)c1=O)C(=O)C(=O)N(Cc1ccccc1)C2=O. The summed E-state index contributed by atoms with van der Waals surface area (Å²) in [6.07, 6.45) is 0. The molecule has 0 radical (unpaired) electrons. The van der Waals surface area contributed by atoms with Crippen LogP contribution in [0.2, 0.25) is 0 Å². The molecule has 8 nitrogen and oxygen atoms in total. The second kappa shape index (κ2) is 5.41. The van der Waals surface area contributed by atoms with Crippen molar-refractivity contribution in [3.8, 4) is 0 Å². The fraction of sp³-hybridized carbons (Fsp3) is 0.188. The molecule has 2 amide bonds. The van der Waals surface area contributed by atoms with Crippen molar-refractivity contribution in [2.24, 2.45) is 14.1 Å². The van der Waals surface area contributed by atoms with Crippen LogP contribution in [0.15, 0.2) is 39.9 Å². The third kappa shape index (κ3) is 2.11. The lowest BCUT2D eigenvalue weighted by molar-refractivity contribution is -0.124. The average Bonchev–Trinajstić information content (AvgIpc) is 2.59. The van der Waals surface area contributed by atoms with Crippen molar-refractivity contribution >= 4 is 17.6 Å². The van der Waals surface area contributed by atoms with E-state index in [0.29, 0.717) is 10.1 Å². The summed E-state index contributed by atoms with van der Waals surface area (Å²) in [4.78, 5) is 62.2. The smallest absolute Gasteiger partial charge is 0.291 e. The Balaban J connectivity index is 2.20. The molecule has 0 saturated carbocycles. The summed E-state index contributed by atoms with van der Waals surface area (Å²) in [5.74, 6) is -3.00. The van der Waals surface area contributed by atoms with Gasteiger partial charge in [-0.25, -0.2) is 4.79 Å². The zero-order valence-electron chi connectivity index (χ0n) is 13.0. The molecule has 122 valence electrons. The Kier molecular flexibility index (Phi) is 3.52. The molecule has 0 saturated heterocycles. The van der Waals surface area contributed by atoms with E-state index in [4.69, 9.17) is 0 Å². The Morgan fingerprint density at radius 2 is 1.46 bits per heavy atom. The number of rotatable bonds is 2. The molecule has 1 aromatic heterocycles. The number of carbonyl (C=O) groups is 3. The molecular formula is C16H13N3O5. The van der Waals surface area contributed by atoms with Gasteiger partial charge in [-0.2, -0.15) is 0 Å². The average molecular weight is 327 g/mol. The van der Waals surface area contributed by atoms with Crippen molar-refractivity contribution in [1.29, 1.82) is 0 Å². The molecule has 0 unspecified atom stereocenters. The third-order valence-corrected chi connectivity index (χ3v) is 3.96. The maximum absolute atomic E-state index is 12.7. The molecule has 0 fully saturated rings. The molecule has 0 bridgehead atoms. The highest BCUT2D eigenvalue weighted by Crippen LogP contribution is 2.18. The largest absolute Gasteiger partial charge is 0.331 e. The van der Waals surface area contributed by atoms with Gasteiger partial charge in [0.2, 0.25) is 0 Å². The number of ketones is 1. The third-order valence-electron chi connectivity index (χ3n) is 3.96. The number of aromatic nitrogens is 2. The van der Waals surface area contributed by atoms with Crippen LogP contribution < -0.4 is 11.2 Å². The van der Waals surface area contributed by atoms with E-state index in [9.17, 15) is 24.0 Å². The van der Waals surface area contributed by atoms with E-state index in [1.54, 1.807) is 30.3 Å². The molecule has 1 aromatic carbocycles. The maximum atomic E-state index is 12.7. The molecule has 24 heavy (non-hydrogen) atoms. The van der Waals surface area contributed by atoms with E-state index in [-0.39, 0.29) is 12.2 Å². The fourth-order valence-corrected chi connectivity index (χ4v) is 2.66. The summed E-state index contributed by atoms with van der Waals surface area (Å²) in [5.41, 5.74) is -1.96. The van der Waals surface area contributed by atoms with E-state index < -0.39 is 34.4 Å². The van der Waals surface area contributed by atoms with E-state index >= 15 is 0 Å². The molecule has 3 rings (SSSR count). The van der Waals surface area contributed by atoms with Crippen LogP contribution in [-0.4, -0.2) is 31.6 Å². The Morgan fingerprint density at radius 1 is 0.833 bits per heavy atom. The Labute approximate surface area is 135 Å². The number of carbonyl (C=O) groups excluding carboxylic acids is 3. The molecular weight excluding hydrogens is 314 g/mol. The van der Waals surface area contributed by atoms with Gasteiger partial charge in [0.15, 0.2) is 0 Å². The molecule has 8 heteroatoms. The fourth-order valence-electron chi connectivity index (χ4n) is 2.66. The number of imide groups is 1. The van der Waals surface area contributed by atoms with Crippen molar-refractivity contribution in [2.75, 3.05) is 0 Å². The van der Waals surface area contributed by atoms with Crippen LogP contribution >= 0.6 is 0 Å². The van der Waals surface area contributed by atoms with Gasteiger partial charge < -0.3 is 0 Å². The highest BCUT2D eigenvalue weighted by atomic mass is 16.2. The van der Waals surface area contributed by atoms with Gasteiger partial charge in [-0.1, -0.05) is 30.3 Å². The summed E-state index contributed by atoms with van der Waals surface area (Å²) in [6.45, 7) is -0.118. The zero-order valence-corrected chi connectivity index (χ0v) is 13.0. The Hall–Kier alpha value is -3.29. The minimum atomic E-state index is -1.09. The second-order valence-electron chi connectivity index (χ2n) is 5.44. The molecule has 0 N–H and O–H groups in total. The highest BCUT2D eigenvalue weighted by Gasteiger charge is 2.42. The molecule has 2 aromatic rings. The van der Waals surface area contributed by atoms with Crippen LogP contribution in [0.3, 0.4) is 0 Å². The Bertz CT molecular complexity index is 1000. The van der Waals surface area contributed by atoms with Crippen molar-refractivity contribution in [3.05, 3.63) is 68.0 Å². The van der Waals surface area contributed by atoms with Crippen LogP contribution in [0.1, 0.15) is 26.4 Å². The maximum Gasteiger partial charge on any atom is 0.331 e. The van der Waals surface area contributed by atoms with Crippen LogP contribution in [0, 0.1) is 0 Å². The molecule has 1 aliphatic heterocycles.